The Bertz CT molecular complexity index is 409. The molecule has 18 heavy (non-hydrogen) atoms. The Morgan fingerprint density at radius 2 is 2.22 bits per heavy atom. The Kier molecular flexibility index (Phi) is 6.32. The minimum absolute atomic E-state index is 0.141. The highest BCUT2D eigenvalue weighted by Crippen LogP contribution is 2.17. The second kappa shape index (κ2) is 7.51. The van der Waals surface area contributed by atoms with E-state index in [1.54, 1.807) is 19.2 Å². The zero-order valence-corrected chi connectivity index (χ0v) is 12.4. The van der Waals surface area contributed by atoms with Gasteiger partial charge in [0.1, 0.15) is 0 Å². The van der Waals surface area contributed by atoms with Gasteiger partial charge in [-0.1, -0.05) is 22.0 Å². The Hall–Kier alpha value is -0.910. The van der Waals surface area contributed by atoms with E-state index in [-0.39, 0.29) is 5.91 Å². The van der Waals surface area contributed by atoms with Crippen LogP contribution >= 0.6 is 15.9 Å². The summed E-state index contributed by atoms with van der Waals surface area (Å²) in [4.78, 5) is 11.9. The maximum Gasteiger partial charge on any atom is 0.251 e. The first-order valence-corrected chi connectivity index (χ1v) is 6.56. The van der Waals surface area contributed by atoms with E-state index in [1.165, 1.54) is 0 Å². The lowest BCUT2D eigenvalue weighted by Crippen LogP contribution is -2.34. The molecule has 1 amide bonds. The van der Waals surface area contributed by atoms with Crippen molar-refractivity contribution in [2.45, 2.75) is 20.1 Å². The molecule has 0 saturated carbocycles. The third-order valence-corrected chi connectivity index (χ3v) is 3.33. The second-order valence-electron chi connectivity index (χ2n) is 3.79. The van der Waals surface area contributed by atoms with Gasteiger partial charge in [0.25, 0.3) is 5.91 Å². The minimum atomic E-state index is -0.409. The van der Waals surface area contributed by atoms with E-state index in [0.29, 0.717) is 18.7 Å². The van der Waals surface area contributed by atoms with E-state index in [9.17, 15) is 4.79 Å². The lowest BCUT2D eigenvalue weighted by Gasteiger charge is -2.15. The number of carbonyl (C=O) groups is 1. The standard InChI is InChI=1S/C13H18BrNO3/c1-4-18-12(17-3)8-15-13(16)10-6-5-9(2)11(14)7-10/h5-7,12H,4,8H2,1-3H3,(H,15,16). The van der Waals surface area contributed by atoms with Gasteiger partial charge in [-0.2, -0.15) is 0 Å². The third-order valence-electron chi connectivity index (χ3n) is 2.48. The average Bonchev–Trinajstić information content (AvgIpc) is 2.37. The number of carbonyl (C=O) groups excluding carboxylic acids is 1. The molecule has 0 fully saturated rings. The molecule has 0 heterocycles. The number of aryl methyl sites for hydroxylation is 1. The third kappa shape index (κ3) is 4.40. The topological polar surface area (TPSA) is 47.6 Å². The number of rotatable bonds is 6. The smallest absolute Gasteiger partial charge is 0.251 e. The second-order valence-corrected chi connectivity index (χ2v) is 4.65. The lowest BCUT2D eigenvalue weighted by atomic mass is 10.1. The fourth-order valence-corrected chi connectivity index (χ4v) is 1.79. The van der Waals surface area contributed by atoms with Gasteiger partial charge in [0.15, 0.2) is 6.29 Å². The summed E-state index contributed by atoms with van der Waals surface area (Å²) in [6, 6.07) is 5.49. The number of hydrogen-bond donors (Lipinski definition) is 1. The van der Waals surface area contributed by atoms with Crippen LogP contribution < -0.4 is 5.32 Å². The van der Waals surface area contributed by atoms with Crippen LogP contribution in [0.2, 0.25) is 0 Å². The number of methoxy groups -OCH3 is 1. The summed E-state index contributed by atoms with van der Waals surface area (Å²) in [5.74, 6) is -0.141. The Labute approximate surface area is 116 Å². The molecular formula is C13H18BrNO3. The van der Waals surface area contributed by atoms with Crippen molar-refractivity contribution in [2.24, 2.45) is 0 Å². The predicted octanol–water partition coefficient (Wildman–Crippen LogP) is 2.50. The summed E-state index contributed by atoms with van der Waals surface area (Å²) in [7, 11) is 1.55. The molecule has 0 aliphatic carbocycles. The van der Waals surface area contributed by atoms with Crippen molar-refractivity contribution in [1.29, 1.82) is 0 Å². The molecule has 5 heteroatoms. The Morgan fingerprint density at radius 3 is 2.78 bits per heavy atom. The molecule has 1 unspecified atom stereocenters. The first kappa shape index (κ1) is 15.1. The molecule has 1 atom stereocenters. The van der Waals surface area contributed by atoms with E-state index in [2.05, 4.69) is 21.2 Å². The van der Waals surface area contributed by atoms with E-state index in [4.69, 9.17) is 9.47 Å². The molecule has 0 saturated heterocycles. The molecule has 0 bridgehead atoms. The van der Waals surface area contributed by atoms with Crippen LogP contribution in [0.15, 0.2) is 22.7 Å². The van der Waals surface area contributed by atoms with Crippen LogP contribution in [-0.2, 0) is 9.47 Å². The lowest BCUT2D eigenvalue weighted by molar-refractivity contribution is -0.115. The number of nitrogens with one attached hydrogen (secondary N) is 1. The van der Waals surface area contributed by atoms with E-state index in [0.717, 1.165) is 10.0 Å². The first-order chi connectivity index (χ1) is 8.58. The van der Waals surface area contributed by atoms with E-state index < -0.39 is 6.29 Å². The normalized spacial score (nSPS) is 12.2. The molecule has 0 aliphatic rings. The largest absolute Gasteiger partial charge is 0.354 e. The van der Waals surface area contributed by atoms with Crippen LogP contribution in [0, 0.1) is 6.92 Å². The molecule has 0 spiro atoms. The molecule has 100 valence electrons. The van der Waals surface area contributed by atoms with Crippen molar-refractivity contribution in [2.75, 3.05) is 20.3 Å². The monoisotopic (exact) mass is 315 g/mol. The maximum atomic E-state index is 11.9. The van der Waals surface area contributed by atoms with Crippen molar-refractivity contribution < 1.29 is 14.3 Å². The molecule has 0 radical (unpaired) electrons. The van der Waals surface area contributed by atoms with E-state index in [1.807, 2.05) is 19.9 Å². The number of benzene rings is 1. The van der Waals surface area contributed by atoms with Gasteiger partial charge >= 0.3 is 0 Å². The van der Waals surface area contributed by atoms with Gasteiger partial charge in [-0.05, 0) is 31.5 Å². The zero-order valence-electron chi connectivity index (χ0n) is 10.8. The fraction of sp³-hybridized carbons (Fsp3) is 0.462. The van der Waals surface area contributed by atoms with Gasteiger partial charge in [0.05, 0.1) is 6.54 Å². The number of hydrogen-bond acceptors (Lipinski definition) is 3. The highest BCUT2D eigenvalue weighted by atomic mass is 79.9. The molecule has 1 rings (SSSR count). The highest BCUT2D eigenvalue weighted by molar-refractivity contribution is 9.10. The van der Waals surface area contributed by atoms with Gasteiger partial charge in [-0.15, -0.1) is 0 Å². The van der Waals surface area contributed by atoms with Gasteiger partial charge in [-0.25, -0.2) is 0 Å². The summed E-state index contributed by atoms with van der Waals surface area (Å²) in [6.07, 6.45) is -0.409. The van der Waals surface area contributed by atoms with Crippen molar-refractivity contribution in [3.63, 3.8) is 0 Å². The van der Waals surface area contributed by atoms with Gasteiger partial charge in [-0.3, -0.25) is 4.79 Å². The quantitative estimate of drug-likeness (QED) is 0.820. The molecule has 1 aromatic carbocycles. The Balaban J connectivity index is 2.57. The maximum absolute atomic E-state index is 11.9. The van der Waals surface area contributed by atoms with Crippen molar-refractivity contribution in [1.82, 2.24) is 5.32 Å². The van der Waals surface area contributed by atoms with Crippen LogP contribution in [0.3, 0.4) is 0 Å². The Morgan fingerprint density at radius 1 is 1.50 bits per heavy atom. The minimum Gasteiger partial charge on any atom is -0.354 e. The van der Waals surface area contributed by atoms with Crippen LogP contribution in [0.4, 0.5) is 0 Å². The van der Waals surface area contributed by atoms with Crippen LogP contribution in [0.25, 0.3) is 0 Å². The zero-order chi connectivity index (χ0) is 13.5. The van der Waals surface area contributed by atoms with Crippen molar-refractivity contribution in [3.8, 4) is 0 Å². The van der Waals surface area contributed by atoms with Gasteiger partial charge in [0.2, 0.25) is 0 Å². The van der Waals surface area contributed by atoms with Gasteiger partial charge in [0, 0.05) is 23.8 Å². The van der Waals surface area contributed by atoms with Crippen LogP contribution in [0.1, 0.15) is 22.8 Å². The summed E-state index contributed by atoms with van der Waals surface area (Å²) < 4.78 is 11.3. The van der Waals surface area contributed by atoms with E-state index >= 15 is 0 Å². The summed E-state index contributed by atoms with van der Waals surface area (Å²) in [5, 5.41) is 2.77. The number of halogens is 1. The molecule has 0 aromatic heterocycles. The summed E-state index contributed by atoms with van der Waals surface area (Å²) >= 11 is 3.40. The van der Waals surface area contributed by atoms with Crippen LogP contribution in [0.5, 0.6) is 0 Å². The molecule has 1 aromatic rings. The fourth-order valence-electron chi connectivity index (χ4n) is 1.41. The molecule has 1 N–H and O–H groups in total. The highest BCUT2D eigenvalue weighted by Gasteiger charge is 2.11. The first-order valence-electron chi connectivity index (χ1n) is 5.77. The van der Waals surface area contributed by atoms with Crippen molar-refractivity contribution in [3.05, 3.63) is 33.8 Å². The summed E-state index contributed by atoms with van der Waals surface area (Å²) in [6.45, 7) is 4.73. The van der Waals surface area contributed by atoms with Crippen molar-refractivity contribution >= 4 is 21.8 Å². The van der Waals surface area contributed by atoms with Crippen LogP contribution in [-0.4, -0.2) is 32.5 Å². The molecule has 4 nitrogen and oxygen atoms in total. The molecule has 0 aliphatic heterocycles. The summed E-state index contributed by atoms with van der Waals surface area (Å²) in [5.41, 5.74) is 1.70. The average molecular weight is 316 g/mol. The number of amides is 1. The SMILES string of the molecule is CCOC(CNC(=O)c1ccc(C)c(Br)c1)OC. The predicted molar refractivity (Wildman–Crippen MR) is 73.6 cm³/mol. The molecular weight excluding hydrogens is 298 g/mol. The number of ether oxygens (including phenoxy) is 2. The van der Waals surface area contributed by atoms with Gasteiger partial charge < -0.3 is 14.8 Å².